The first kappa shape index (κ1) is 14.1. The number of fused-ring (bicyclic) bond motifs is 1. The third-order valence-corrected chi connectivity index (χ3v) is 4.36. The molecule has 3 rings (SSSR count). The summed E-state index contributed by atoms with van der Waals surface area (Å²) in [5.74, 6) is 0. The number of hydrogen-bond acceptors (Lipinski definition) is 2. The van der Waals surface area contributed by atoms with Crippen molar-refractivity contribution in [1.29, 1.82) is 0 Å². The Balaban J connectivity index is 1.91. The first-order valence-electron chi connectivity index (χ1n) is 7.13. The molecule has 2 aromatic carbocycles. The summed E-state index contributed by atoms with van der Waals surface area (Å²) in [6.07, 6.45) is 2.88. The number of pyridine rings is 1. The van der Waals surface area contributed by atoms with Crippen molar-refractivity contribution < 1.29 is 0 Å². The number of hydrogen-bond donors (Lipinski definition) is 1. The van der Waals surface area contributed by atoms with E-state index in [2.05, 4.69) is 75.6 Å². The number of anilines is 1. The minimum Gasteiger partial charge on any atom is -0.381 e. The number of para-hydroxylation sites is 1. The maximum Gasteiger partial charge on any atom is 0.0763 e. The third-order valence-electron chi connectivity index (χ3n) is 3.67. The van der Waals surface area contributed by atoms with Crippen molar-refractivity contribution >= 4 is 32.5 Å². The molecule has 0 radical (unpaired) electrons. The normalized spacial score (nSPS) is 10.8. The number of aryl methyl sites for hydroxylation is 1. The van der Waals surface area contributed by atoms with Gasteiger partial charge in [0.1, 0.15) is 0 Å². The van der Waals surface area contributed by atoms with Gasteiger partial charge < -0.3 is 5.32 Å². The highest BCUT2D eigenvalue weighted by Crippen LogP contribution is 2.26. The molecule has 106 valence electrons. The van der Waals surface area contributed by atoms with Crippen LogP contribution in [0.1, 0.15) is 18.1 Å². The fourth-order valence-corrected chi connectivity index (χ4v) is 2.98. The van der Waals surface area contributed by atoms with Gasteiger partial charge in [0, 0.05) is 28.3 Å². The zero-order chi connectivity index (χ0) is 14.7. The van der Waals surface area contributed by atoms with Crippen molar-refractivity contribution in [3.63, 3.8) is 0 Å². The Bertz CT molecular complexity index is 768. The van der Waals surface area contributed by atoms with Gasteiger partial charge in [0.15, 0.2) is 0 Å². The lowest BCUT2D eigenvalue weighted by molar-refractivity contribution is 1.09. The third kappa shape index (κ3) is 2.93. The van der Waals surface area contributed by atoms with Crippen molar-refractivity contribution in [1.82, 2.24) is 4.98 Å². The molecule has 0 amide bonds. The van der Waals surface area contributed by atoms with Gasteiger partial charge >= 0.3 is 0 Å². The van der Waals surface area contributed by atoms with Gasteiger partial charge in [-0.1, -0.05) is 53.2 Å². The van der Waals surface area contributed by atoms with Crippen LogP contribution in [0.3, 0.4) is 0 Å². The highest BCUT2D eigenvalue weighted by Gasteiger charge is 2.06. The lowest BCUT2D eigenvalue weighted by atomic mass is 10.1. The Labute approximate surface area is 133 Å². The predicted molar refractivity (Wildman–Crippen MR) is 92.6 cm³/mol. The van der Waals surface area contributed by atoms with Gasteiger partial charge in [-0.15, -0.1) is 0 Å². The zero-order valence-corrected chi connectivity index (χ0v) is 13.5. The summed E-state index contributed by atoms with van der Waals surface area (Å²) in [6.45, 7) is 2.95. The summed E-state index contributed by atoms with van der Waals surface area (Å²) < 4.78 is 1.09. The monoisotopic (exact) mass is 340 g/mol. The summed E-state index contributed by atoms with van der Waals surface area (Å²) in [4.78, 5) is 4.53. The summed E-state index contributed by atoms with van der Waals surface area (Å²) in [7, 11) is 0. The molecule has 0 bridgehead atoms. The van der Waals surface area contributed by atoms with Crippen LogP contribution in [-0.2, 0) is 13.0 Å². The largest absolute Gasteiger partial charge is 0.381 e. The lowest BCUT2D eigenvalue weighted by Gasteiger charge is -2.12. The molecule has 0 unspecified atom stereocenters. The first-order chi connectivity index (χ1) is 10.3. The quantitative estimate of drug-likeness (QED) is 0.708. The van der Waals surface area contributed by atoms with E-state index in [1.807, 2.05) is 12.3 Å². The van der Waals surface area contributed by atoms with Crippen molar-refractivity contribution in [3.8, 4) is 0 Å². The summed E-state index contributed by atoms with van der Waals surface area (Å²) in [5.41, 5.74) is 4.80. The highest BCUT2D eigenvalue weighted by molar-refractivity contribution is 9.10. The average Bonchev–Trinajstić information content (AvgIpc) is 2.55. The van der Waals surface area contributed by atoms with E-state index in [4.69, 9.17) is 0 Å². The van der Waals surface area contributed by atoms with Crippen molar-refractivity contribution in [2.24, 2.45) is 0 Å². The Kier molecular flexibility index (Phi) is 4.20. The number of nitrogens with one attached hydrogen (secondary N) is 1. The molecule has 1 heterocycles. The van der Waals surface area contributed by atoms with Crippen molar-refractivity contribution in [2.45, 2.75) is 19.9 Å². The fraction of sp³-hybridized carbons (Fsp3) is 0.167. The van der Waals surface area contributed by atoms with Crippen LogP contribution in [0.2, 0.25) is 0 Å². The van der Waals surface area contributed by atoms with Crippen LogP contribution in [0.25, 0.3) is 10.9 Å². The van der Waals surface area contributed by atoms with Crippen LogP contribution in [-0.4, -0.2) is 4.98 Å². The van der Waals surface area contributed by atoms with E-state index < -0.39 is 0 Å². The van der Waals surface area contributed by atoms with Crippen LogP contribution in [0.15, 0.2) is 59.2 Å². The predicted octanol–water partition coefficient (Wildman–Crippen LogP) is 5.17. The van der Waals surface area contributed by atoms with Crippen molar-refractivity contribution in [3.05, 3.63) is 70.3 Å². The molecular weight excluding hydrogens is 324 g/mol. The second-order valence-corrected chi connectivity index (χ2v) is 5.82. The zero-order valence-electron chi connectivity index (χ0n) is 11.9. The van der Waals surface area contributed by atoms with E-state index in [1.54, 1.807) is 0 Å². The number of aromatic nitrogens is 1. The Hall–Kier alpha value is -1.87. The smallest absolute Gasteiger partial charge is 0.0763 e. The van der Waals surface area contributed by atoms with Gasteiger partial charge in [0.05, 0.1) is 5.52 Å². The highest BCUT2D eigenvalue weighted by atomic mass is 79.9. The molecule has 3 aromatic rings. The van der Waals surface area contributed by atoms with E-state index in [-0.39, 0.29) is 0 Å². The number of halogens is 1. The average molecular weight is 341 g/mol. The van der Waals surface area contributed by atoms with E-state index in [0.717, 1.165) is 28.3 Å². The van der Waals surface area contributed by atoms with E-state index in [9.17, 15) is 0 Å². The van der Waals surface area contributed by atoms with Gasteiger partial charge in [0.25, 0.3) is 0 Å². The maximum absolute atomic E-state index is 4.53. The SMILES string of the molecule is CCc1ccccc1NCc1ccc(Br)c2cccnc12. The Morgan fingerprint density at radius 3 is 2.71 bits per heavy atom. The molecule has 0 saturated heterocycles. The number of nitrogens with zero attached hydrogens (tertiary/aromatic N) is 1. The van der Waals surface area contributed by atoms with Gasteiger partial charge in [-0.2, -0.15) is 0 Å². The summed E-state index contributed by atoms with van der Waals surface area (Å²) >= 11 is 3.59. The van der Waals surface area contributed by atoms with Gasteiger partial charge in [-0.3, -0.25) is 4.98 Å². The second kappa shape index (κ2) is 6.27. The molecule has 1 aromatic heterocycles. The first-order valence-corrected chi connectivity index (χ1v) is 7.92. The molecule has 2 nitrogen and oxygen atoms in total. The topological polar surface area (TPSA) is 24.9 Å². The Morgan fingerprint density at radius 2 is 1.86 bits per heavy atom. The standard InChI is InChI=1S/C18H17BrN2/c1-2-13-6-3-4-8-17(13)21-12-14-9-10-16(19)15-7-5-11-20-18(14)15/h3-11,21H,2,12H2,1H3. The molecule has 0 aliphatic carbocycles. The van der Waals surface area contributed by atoms with E-state index in [0.29, 0.717) is 0 Å². The van der Waals surface area contributed by atoms with Crippen LogP contribution in [0.4, 0.5) is 5.69 Å². The van der Waals surface area contributed by atoms with Crippen LogP contribution < -0.4 is 5.32 Å². The van der Waals surface area contributed by atoms with Crippen LogP contribution >= 0.6 is 15.9 Å². The molecule has 0 fully saturated rings. The van der Waals surface area contributed by atoms with Gasteiger partial charge in [-0.25, -0.2) is 0 Å². The molecule has 3 heteroatoms. The minimum absolute atomic E-state index is 0.776. The molecule has 21 heavy (non-hydrogen) atoms. The van der Waals surface area contributed by atoms with E-state index in [1.165, 1.54) is 16.8 Å². The van der Waals surface area contributed by atoms with Gasteiger partial charge in [-0.05, 0) is 35.7 Å². The fourth-order valence-electron chi connectivity index (χ4n) is 2.53. The number of benzene rings is 2. The summed E-state index contributed by atoms with van der Waals surface area (Å²) in [6, 6.07) is 16.7. The molecule has 0 aliphatic rings. The molecule has 1 N–H and O–H groups in total. The Morgan fingerprint density at radius 1 is 1.00 bits per heavy atom. The van der Waals surface area contributed by atoms with E-state index >= 15 is 0 Å². The van der Waals surface area contributed by atoms with Gasteiger partial charge in [0.2, 0.25) is 0 Å². The maximum atomic E-state index is 4.53. The second-order valence-electron chi connectivity index (χ2n) is 4.97. The molecule has 0 saturated carbocycles. The molecule has 0 spiro atoms. The minimum atomic E-state index is 0.776. The molecule has 0 aliphatic heterocycles. The molecule has 0 atom stereocenters. The summed E-state index contributed by atoms with van der Waals surface area (Å²) in [5, 5.41) is 4.69. The number of rotatable bonds is 4. The van der Waals surface area contributed by atoms with Crippen molar-refractivity contribution in [2.75, 3.05) is 5.32 Å². The van der Waals surface area contributed by atoms with Crippen LogP contribution in [0.5, 0.6) is 0 Å². The van der Waals surface area contributed by atoms with Crippen LogP contribution in [0, 0.1) is 0 Å². The lowest BCUT2D eigenvalue weighted by Crippen LogP contribution is -2.03. The molecular formula is C18H17BrN2.